The van der Waals surface area contributed by atoms with Gasteiger partial charge in [-0.3, -0.25) is 4.79 Å². The van der Waals surface area contributed by atoms with Gasteiger partial charge in [-0.25, -0.2) is 0 Å². The molecular formula is C12H18N4O2. The minimum Gasteiger partial charge on any atom is -0.340 e. The van der Waals surface area contributed by atoms with Gasteiger partial charge in [-0.2, -0.15) is 4.98 Å². The Balaban J connectivity index is 1.59. The number of piperidine rings is 1. The molecule has 1 amide bonds. The van der Waals surface area contributed by atoms with Crippen LogP contribution >= 0.6 is 0 Å². The molecule has 6 nitrogen and oxygen atoms in total. The SMILES string of the molecule is Cc1noc(N2CCC(N3CCCC3=O)CC2)n1. The van der Waals surface area contributed by atoms with Crippen molar-refractivity contribution in [2.24, 2.45) is 0 Å². The fourth-order valence-electron chi connectivity index (χ4n) is 2.84. The van der Waals surface area contributed by atoms with E-state index in [1.54, 1.807) is 0 Å². The predicted octanol–water partition coefficient (Wildman–Crippen LogP) is 0.969. The molecule has 0 unspecified atom stereocenters. The molecule has 1 aromatic heterocycles. The van der Waals surface area contributed by atoms with Crippen molar-refractivity contribution >= 4 is 11.9 Å². The molecule has 98 valence electrons. The van der Waals surface area contributed by atoms with Crippen LogP contribution in [0.2, 0.25) is 0 Å². The van der Waals surface area contributed by atoms with Gasteiger partial charge >= 0.3 is 6.01 Å². The molecule has 2 fully saturated rings. The minimum atomic E-state index is 0.321. The first-order valence-electron chi connectivity index (χ1n) is 6.59. The maximum atomic E-state index is 11.7. The second-order valence-corrected chi connectivity index (χ2v) is 5.03. The Kier molecular flexibility index (Phi) is 2.93. The quantitative estimate of drug-likeness (QED) is 0.782. The maximum Gasteiger partial charge on any atom is 0.324 e. The first kappa shape index (κ1) is 11.5. The van der Waals surface area contributed by atoms with Crippen LogP contribution in [0.5, 0.6) is 0 Å². The van der Waals surface area contributed by atoms with Gasteiger partial charge in [0.05, 0.1) is 0 Å². The summed E-state index contributed by atoms with van der Waals surface area (Å²) in [6.07, 6.45) is 3.73. The van der Waals surface area contributed by atoms with E-state index in [1.165, 1.54) is 0 Å². The van der Waals surface area contributed by atoms with E-state index in [2.05, 4.69) is 19.9 Å². The van der Waals surface area contributed by atoms with Crippen molar-refractivity contribution < 1.29 is 9.32 Å². The zero-order valence-corrected chi connectivity index (χ0v) is 10.6. The van der Waals surface area contributed by atoms with E-state index in [-0.39, 0.29) is 0 Å². The number of aromatic nitrogens is 2. The number of anilines is 1. The lowest BCUT2D eigenvalue weighted by atomic mass is 10.0. The molecule has 0 N–H and O–H groups in total. The Labute approximate surface area is 106 Å². The number of carbonyl (C=O) groups is 1. The highest BCUT2D eigenvalue weighted by molar-refractivity contribution is 5.78. The molecule has 6 heteroatoms. The van der Waals surface area contributed by atoms with Crippen molar-refractivity contribution in [3.8, 4) is 0 Å². The van der Waals surface area contributed by atoms with E-state index in [1.807, 2.05) is 6.92 Å². The summed E-state index contributed by atoms with van der Waals surface area (Å²) >= 11 is 0. The molecule has 2 aliphatic heterocycles. The first-order chi connectivity index (χ1) is 8.74. The summed E-state index contributed by atoms with van der Waals surface area (Å²) in [4.78, 5) is 20.1. The van der Waals surface area contributed by atoms with Crippen LogP contribution in [-0.2, 0) is 4.79 Å². The Bertz CT molecular complexity index is 437. The number of nitrogens with zero attached hydrogens (tertiary/aromatic N) is 4. The molecule has 0 spiro atoms. The number of amides is 1. The summed E-state index contributed by atoms with van der Waals surface area (Å²) in [5.41, 5.74) is 0. The molecule has 1 aromatic rings. The van der Waals surface area contributed by atoms with Crippen molar-refractivity contribution in [3.05, 3.63) is 5.82 Å². The summed E-state index contributed by atoms with van der Waals surface area (Å²) in [5.74, 6) is 0.990. The largest absolute Gasteiger partial charge is 0.340 e. The lowest BCUT2D eigenvalue weighted by molar-refractivity contribution is -0.130. The van der Waals surface area contributed by atoms with Gasteiger partial charge in [0, 0.05) is 32.1 Å². The normalized spacial score (nSPS) is 21.9. The van der Waals surface area contributed by atoms with Crippen LogP contribution < -0.4 is 4.90 Å². The summed E-state index contributed by atoms with van der Waals surface area (Å²) in [6.45, 7) is 4.53. The highest BCUT2D eigenvalue weighted by Crippen LogP contribution is 2.24. The van der Waals surface area contributed by atoms with Crippen LogP contribution in [0.3, 0.4) is 0 Å². The number of hydrogen-bond acceptors (Lipinski definition) is 5. The topological polar surface area (TPSA) is 62.5 Å². The average molecular weight is 250 g/mol. The third-order valence-corrected chi connectivity index (χ3v) is 3.80. The second-order valence-electron chi connectivity index (χ2n) is 5.03. The number of rotatable bonds is 2. The fraction of sp³-hybridized carbons (Fsp3) is 0.750. The summed E-state index contributed by atoms with van der Waals surface area (Å²) in [6, 6.07) is 1.01. The van der Waals surface area contributed by atoms with Gasteiger partial charge in [0.1, 0.15) is 0 Å². The van der Waals surface area contributed by atoms with Crippen LogP contribution in [0.4, 0.5) is 6.01 Å². The van der Waals surface area contributed by atoms with E-state index in [4.69, 9.17) is 4.52 Å². The minimum absolute atomic E-state index is 0.321. The Morgan fingerprint density at radius 1 is 1.28 bits per heavy atom. The summed E-state index contributed by atoms with van der Waals surface area (Å²) < 4.78 is 5.17. The van der Waals surface area contributed by atoms with Crippen LogP contribution in [0.1, 0.15) is 31.5 Å². The molecular weight excluding hydrogens is 232 g/mol. The highest BCUT2D eigenvalue weighted by Gasteiger charge is 2.31. The zero-order valence-electron chi connectivity index (χ0n) is 10.6. The van der Waals surface area contributed by atoms with Crippen LogP contribution in [0.15, 0.2) is 4.52 Å². The maximum absolute atomic E-state index is 11.7. The van der Waals surface area contributed by atoms with Gasteiger partial charge in [-0.1, -0.05) is 5.16 Å². The average Bonchev–Trinajstić information content (AvgIpc) is 2.98. The molecule has 0 aliphatic carbocycles. The lowest BCUT2D eigenvalue weighted by Gasteiger charge is -2.35. The number of likely N-dealkylation sites (tertiary alicyclic amines) is 1. The van der Waals surface area contributed by atoms with Gasteiger partial charge in [-0.15, -0.1) is 0 Å². The van der Waals surface area contributed by atoms with E-state index in [9.17, 15) is 4.79 Å². The molecule has 18 heavy (non-hydrogen) atoms. The van der Waals surface area contributed by atoms with Crippen molar-refractivity contribution in [1.29, 1.82) is 0 Å². The molecule has 0 aromatic carbocycles. The lowest BCUT2D eigenvalue weighted by Crippen LogP contribution is -2.45. The van der Waals surface area contributed by atoms with Gasteiger partial charge < -0.3 is 14.3 Å². The molecule has 0 bridgehead atoms. The van der Waals surface area contributed by atoms with E-state index in [0.29, 0.717) is 23.8 Å². The van der Waals surface area contributed by atoms with Crippen molar-refractivity contribution in [2.45, 2.75) is 38.6 Å². The molecule has 2 aliphatic rings. The third kappa shape index (κ3) is 2.07. The smallest absolute Gasteiger partial charge is 0.324 e. The van der Waals surface area contributed by atoms with E-state index >= 15 is 0 Å². The Morgan fingerprint density at radius 2 is 2.06 bits per heavy atom. The molecule has 0 saturated carbocycles. The second kappa shape index (κ2) is 4.59. The number of carbonyl (C=O) groups excluding carboxylic acids is 1. The van der Waals surface area contributed by atoms with Crippen LogP contribution in [0.25, 0.3) is 0 Å². The monoisotopic (exact) mass is 250 g/mol. The van der Waals surface area contributed by atoms with Crippen molar-refractivity contribution in [2.75, 3.05) is 24.5 Å². The summed E-state index contributed by atoms with van der Waals surface area (Å²) in [7, 11) is 0. The Hall–Kier alpha value is -1.59. The zero-order chi connectivity index (χ0) is 12.5. The van der Waals surface area contributed by atoms with Gasteiger partial charge in [-0.05, 0) is 26.2 Å². The standard InChI is InChI=1S/C12H18N4O2/c1-9-13-12(18-14-9)15-7-4-10(5-8-15)16-6-2-3-11(16)17/h10H,2-8H2,1H3. The summed E-state index contributed by atoms with van der Waals surface area (Å²) in [5, 5.41) is 3.81. The Morgan fingerprint density at radius 3 is 2.61 bits per heavy atom. The number of aryl methyl sites for hydroxylation is 1. The highest BCUT2D eigenvalue weighted by atomic mass is 16.5. The van der Waals surface area contributed by atoms with E-state index in [0.717, 1.165) is 45.3 Å². The predicted molar refractivity (Wildman–Crippen MR) is 65.2 cm³/mol. The van der Waals surface area contributed by atoms with E-state index < -0.39 is 0 Å². The van der Waals surface area contributed by atoms with Crippen LogP contribution in [-0.4, -0.2) is 46.6 Å². The third-order valence-electron chi connectivity index (χ3n) is 3.80. The first-order valence-corrected chi connectivity index (χ1v) is 6.59. The number of hydrogen-bond donors (Lipinski definition) is 0. The van der Waals surface area contributed by atoms with Gasteiger partial charge in [0.25, 0.3) is 0 Å². The molecule has 0 atom stereocenters. The van der Waals surface area contributed by atoms with Gasteiger partial charge in [0.15, 0.2) is 5.82 Å². The fourth-order valence-corrected chi connectivity index (χ4v) is 2.84. The van der Waals surface area contributed by atoms with Crippen molar-refractivity contribution in [1.82, 2.24) is 15.0 Å². The molecule has 2 saturated heterocycles. The molecule has 0 radical (unpaired) electrons. The van der Waals surface area contributed by atoms with Gasteiger partial charge in [0.2, 0.25) is 5.91 Å². The van der Waals surface area contributed by atoms with Crippen molar-refractivity contribution in [3.63, 3.8) is 0 Å². The molecule has 3 rings (SSSR count). The molecule has 3 heterocycles. The van der Waals surface area contributed by atoms with Crippen LogP contribution in [0, 0.1) is 6.92 Å².